The van der Waals surface area contributed by atoms with Crippen LogP contribution in [-0.2, 0) is 10.7 Å². The fourth-order valence-corrected chi connectivity index (χ4v) is 7.25. The van der Waals surface area contributed by atoms with Gasteiger partial charge in [0, 0.05) is 41.5 Å². The third kappa shape index (κ3) is 4.29. The van der Waals surface area contributed by atoms with Gasteiger partial charge in [-0.1, -0.05) is 12.5 Å². The average molecular weight is 517 g/mol. The van der Waals surface area contributed by atoms with Crippen LogP contribution in [0.3, 0.4) is 0 Å². The first-order valence-corrected chi connectivity index (χ1v) is 14.6. The third-order valence-electron chi connectivity index (χ3n) is 7.64. The molecular formula is C25H28F3N6OP. The number of fused-ring (bicyclic) bond motifs is 2. The lowest BCUT2D eigenvalue weighted by atomic mass is 9.80. The van der Waals surface area contributed by atoms with Gasteiger partial charge < -0.3 is 20.2 Å². The van der Waals surface area contributed by atoms with Crippen molar-refractivity contribution >= 4 is 29.3 Å². The Bertz CT molecular complexity index is 1420. The number of benzene rings is 1. The highest BCUT2D eigenvalue weighted by Gasteiger charge is 2.43. The van der Waals surface area contributed by atoms with Crippen LogP contribution in [0.5, 0.6) is 0 Å². The molecule has 1 aromatic carbocycles. The first-order valence-electron chi connectivity index (χ1n) is 12.0. The van der Waals surface area contributed by atoms with Crippen LogP contribution in [-0.4, -0.2) is 46.4 Å². The summed E-state index contributed by atoms with van der Waals surface area (Å²) in [5, 5.41) is 17.1. The fraction of sp³-hybridized carbons (Fsp3) is 0.480. The van der Waals surface area contributed by atoms with Crippen molar-refractivity contribution < 1.29 is 17.7 Å². The highest BCUT2D eigenvalue weighted by molar-refractivity contribution is 7.70. The summed E-state index contributed by atoms with van der Waals surface area (Å²) in [6.07, 6.45) is 1.90. The van der Waals surface area contributed by atoms with Gasteiger partial charge in [-0.3, -0.25) is 0 Å². The van der Waals surface area contributed by atoms with Gasteiger partial charge in [-0.05, 0) is 51.5 Å². The number of H-pyrrole nitrogens is 1. The number of nitrogens with zero attached hydrogens (tertiary/aromatic N) is 3. The van der Waals surface area contributed by atoms with Crippen LogP contribution in [0.1, 0.15) is 43.7 Å². The minimum Gasteiger partial charge on any atom is -0.360 e. The molecule has 1 aliphatic heterocycles. The summed E-state index contributed by atoms with van der Waals surface area (Å²) >= 11 is 0. The molecule has 0 amide bonds. The predicted octanol–water partition coefficient (Wildman–Crippen LogP) is 5.10. The van der Waals surface area contributed by atoms with Crippen LogP contribution < -0.4 is 15.9 Å². The summed E-state index contributed by atoms with van der Waals surface area (Å²) in [6.45, 7) is 5.99. The van der Waals surface area contributed by atoms with Crippen LogP contribution in [0.4, 0.5) is 19.1 Å². The maximum atomic E-state index is 14.0. The molecule has 3 N–H and O–H groups in total. The molecule has 2 fully saturated rings. The molecule has 0 bridgehead atoms. The SMILES string of the molecule is CC12CCCC1C[C@H](Nc1ncc(C(F)(F)F)c(-c3c[nH]c4c(P(C)(C)=O)c(C#N)ccc34)n1)CN2. The lowest BCUT2D eigenvalue weighted by Crippen LogP contribution is -2.55. The van der Waals surface area contributed by atoms with E-state index in [1.54, 1.807) is 6.07 Å². The molecule has 1 saturated heterocycles. The van der Waals surface area contributed by atoms with Gasteiger partial charge in [0.2, 0.25) is 5.95 Å². The Kier molecular flexibility index (Phi) is 5.92. The Labute approximate surface area is 207 Å². The number of hydrogen-bond acceptors (Lipinski definition) is 6. The van der Waals surface area contributed by atoms with E-state index in [0.717, 1.165) is 25.5 Å². The van der Waals surface area contributed by atoms with E-state index in [2.05, 4.69) is 32.5 Å². The minimum absolute atomic E-state index is 0.00424. The van der Waals surface area contributed by atoms with Crippen molar-refractivity contribution in [1.29, 1.82) is 5.26 Å². The number of hydrogen-bond donors (Lipinski definition) is 3. The largest absolute Gasteiger partial charge is 0.419 e. The molecule has 0 radical (unpaired) electrons. The van der Waals surface area contributed by atoms with Crippen LogP contribution in [0.15, 0.2) is 24.5 Å². The van der Waals surface area contributed by atoms with E-state index in [-0.39, 0.29) is 34.3 Å². The molecule has 36 heavy (non-hydrogen) atoms. The Morgan fingerprint density at radius 2 is 2.08 bits per heavy atom. The van der Waals surface area contributed by atoms with Gasteiger partial charge in [0.25, 0.3) is 0 Å². The smallest absolute Gasteiger partial charge is 0.360 e. The molecule has 1 saturated carbocycles. The number of aromatic nitrogens is 3. The zero-order valence-corrected chi connectivity index (χ0v) is 21.2. The van der Waals surface area contributed by atoms with Crippen molar-refractivity contribution in [3.05, 3.63) is 35.7 Å². The lowest BCUT2D eigenvalue weighted by molar-refractivity contribution is -0.137. The van der Waals surface area contributed by atoms with E-state index in [1.807, 2.05) is 6.07 Å². The number of anilines is 1. The zero-order valence-electron chi connectivity index (χ0n) is 20.3. The first-order chi connectivity index (χ1) is 16.9. The number of aromatic amines is 1. The molecule has 0 spiro atoms. The van der Waals surface area contributed by atoms with Crippen LogP contribution in [0.25, 0.3) is 22.2 Å². The van der Waals surface area contributed by atoms with E-state index in [9.17, 15) is 23.0 Å². The van der Waals surface area contributed by atoms with Crippen molar-refractivity contribution in [3.8, 4) is 17.3 Å². The summed E-state index contributed by atoms with van der Waals surface area (Å²) in [4.78, 5) is 11.3. The second-order valence-electron chi connectivity index (χ2n) is 10.5. The van der Waals surface area contributed by atoms with Crippen molar-refractivity contribution in [2.45, 2.75) is 50.4 Å². The van der Waals surface area contributed by atoms with Crippen molar-refractivity contribution in [2.75, 3.05) is 25.2 Å². The van der Waals surface area contributed by atoms with Gasteiger partial charge in [0.1, 0.15) is 12.7 Å². The summed E-state index contributed by atoms with van der Waals surface area (Å²) in [6, 6.07) is 5.11. The predicted molar refractivity (Wildman–Crippen MR) is 134 cm³/mol. The maximum Gasteiger partial charge on any atom is 0.419 e. The Balaban J connectivity index is 1.57. The summed E-state index contributed by atoms with van der Waals surface area (Å²) in [7, 11) is -2.92. The molecule has 5 rings (SSSR count). The number of rotatable bonds is 4. The Morgan fingerprint density at radius 3 is 2.78 bits per heavy atom. The standard InChI is InChI=1S/C25H28F3N6OP/c1-24-8-4-5-15(24)9-16(11-32-24)33-23-31-13-19(25(26,27)28)20(34-23)18-12-30-21-17(18)7-6-14(10-29)22(21)36(2,3)35/h6-7,12-13,15-16,30,32H,4-5,8-9,11H2,1-3H3,(H,31,33,34)/t15?,16-,24?/m0/s1. The van der Waals surface area contributed by atoms with E-state index >= 15 is 0 Å². The Hall–Kier alpha value is -2.89. The van der Waals surface area contributed by atoms with E-state index < -0.39 is 18.9 Å². The molecular weight excluding hydrogens is 488 g/mol. The molecule has 11 heteroatoms. The topological polar surface area (TPSA) is 106 Å². The number of halogens is 3. The average Bonchev–Trinajstić information content (AvgIpc) is 3.40. The molecule has 190 valence electrons. The van der Waals surface area contributed by atoms with Crippen molar-refractivity contribution in [2.24, 2.45) is 5.92 Å². The van der Waals surface area contributed by atoms with Crippen LogP contribution >= 0.6 is 7.14 Å². The molecule has 3 atom stereocenters. The highest BCUT2D eigenvalue weighted by atomic mass is 31.2. The van der Waals surface area contributed by atoms with E-state index in [1.165, 1.54) is 32.0 Å². The minimum atomic E-state index is -4.67. The molecule has 3 heterocycles. The number of piperidine rings is 1. The number of nitriles is 1. The normalized spacial score (nSPS) is 24.5. The van der Waals surface area contributed by atoms with Gasteiger partial charge in [-0.2, -0.15) is 18.4 Å². The first kappa shape index (κ1) is 24.8. The van der Waals surface area contributed by atoms with Crippen molar-refractivity contribution in [3.63, 3.8) is 0 Å². The summed E-state index contributed by atoms with van der Waals surface area (Å²) in [5.41, 5.74) is -0.275. The molecule has 3 aromatic rings. The summed E-state index contributed by atoms with van der Waals surface area (Å²) in [5.74, 6) is 0.629. The molecule has 2 aromatic heterocycles. The molecule has 2 unspecified atom stereocenters. The molecule has 7 nitrogen and oxygen atoms in total. The maximum absolute atomic E-state index is 14.0. The van der Waals surface area contributed by atoms with E-state index in [0.29, 0.717) is 28.7 Å². The van der Waals surface area contributed by atoms with Crippen LogP contribution in [0, 0.1) is 17.2 Å². The Morgan fingerprint density at radius 1 is 1.31 bits per heavy atom. The van der Waals surface area contributed by atoms with Gasteiger partial charge >= 0.3 is 6.18 Å². The second-order valence-corrected chi connectivity index (χ2v) is 13.6. The van der Waals surface area contributed by atoms with Crippen LogP contribution in [0.2, 0.25) is 0 Å². The van der Waals surface area contributed by atoms with Gasteiger partial charge in [0.05, 0.1) is 28.1 Å². The second kappa shape index (κ2) is 8.60. The van der Waals surface area contributed by atoms with Gasteiger partial charge in [0.15, 0.2) is 0 Å². The lowest BCUT2D eigenvalue weighted by Gasteiger charge is -2.41. The quantitative estimate of drug-likeness (QED) is 0.417. The number of alkyl halides is 3. The van der Waals surface area contributed by atoms with E-state index in [4.69, 9.17) is 0 Å². The highest BCUT2D eigenvalue weighted by Crippen LogP contribution is 2.44. The van der Waals surface area contributed by atoms with Gasteiger partial charge in [-0.25, -0.2) is 9.97 Å². The van der Waals surface area contributed by atoms with Crippen molar-refractivity contribution in [1.82, 2.24) is 20.3 Å². The third-order valence-corrected chi connectivity index (χ3v) is 9.18. The molecule has 2 aliphatic rings. The van der Waals surface area contributed by atoms with Gasteiger partial charge in [-0.15, -0.1) is 0 Å². The number of nitrogens with one attached hydrogen (secondary N) is 3. The summed E-state index contributed by atoms with van der Waals surface area (Å²) < 4.78 is 55.0. The monoisotopic (exact) mass is 516 g/mol. The molecule has 1 aliphatic carbocycles. The fourth-order valence-electron chi connectivity index (χ4n) is 5.82. The zero-order chi connectivity index (χ0) is 25.9.